The van der Waals surface area contributed by atoms with Gasteiger partial charge in [0.15, 0.2) is 0 Å². The van der Waals surface area contributed by atoms with E-state index >= 15 is 0 Å². The van der Waals surface area contributed by atoms with E-state index in [9.17, 15) is 0 Å². The molecule has 0 aliphatic heterocycles. The quantitative estimate of drug-likeness (QED) is 0.295. The first kappa shape index (κ1) is 55.9. The molecule has 1 rings (SSSR count). The minimum Gasteiger partial charge on any atom is -0.103 e. The summed E-state index contributed by atoms with van der Waals surface area (Å²) in [6.07, 6.45) is 22.4. The fourth-order valence-electron chi connectivity index (χ4n) is 2.75. The van der Waals surface area contributed by atoms with E-state index in [4.69, 9.17) is 0 Å². The molecule has 0 atom stereocenters. The van der Waals surface area contributed by atoms with Crippen molar-refractivity contribution in [2.24, 2.45) is 17.8 Å². The van der Waals surface area contributed by atoms with E-state index in [1.165, 1.54) is 64.2 Å². The van der Waals surface area contributed by atoms with Crippen molar-refractivity contribution in [3.63, 3.8) is 0 Å². The van der Waals surface area contributed by atoms with Gasteiger partial charge in [-0.05, 0) is 37.5 Å². The van der Waals surface area contributed by atoms with Gasteiger partial charge in [-0.3, -0.25) is 0 Å². The molecule has 0 bridgehead atoms. The molecular weight excluding hydrogens is 432 g/mol. The van der Waals surface area contributed by atoms with Crippen molar-refractivity contribution in [1.82, 2.24) is 0 Å². The topological polar surface area (TPSA) is 0 Å². The number of unbranched alkanes of at least 4 members (excludes halogenated alkanes) is 2. The van der Waals surface area contributed by atoms with Crippen molar-refractivity contribution in [2.45, 2.75) is 195 Å². The Balaban J connectivity index is -0.0000000439. The Hall–Kier alpha value is -0.520. The van der Waals surface area contributed by atoms with Crippen molar-refractivity contribution in [3.05, 3.63) is 24.8 Å². The monoisotopic (exact) mass is 517 g/mol. The first-order valence-electron chi connectivity index (χ1n) is 16.1. The zero-order chi connectivity index (χ0) is 29.3. The Kier molecular flexibility index (Phi) is 109. The first-order valence-corrected chi connectivity index (χ1v) is 16.1. The van der Waals surface area contributed by atoms with Crippen molar-refractivity contribution in [3.8, 4) is 0 Å². The van der Waals surface area contributed by atoms with Crippen LogP contribution < -0.4 is 0 Å². The normalized spacial score (nSPS) is 14.6. The molecule has 36 heavy (non-hydrogen) atoms. The average Bonchev–Trinajstić information content (AvgIpc) is 2.90. The van der Waals surface area contributed by atoms with E-state index in [0.717, 1.165) is 30.6 Å². The minimum absolute atomic E-state index is 0. The van der Waals surface area contributed by atoms with Gasteiger partial charge in [-0.15, -0.1) is 6.58 Å². The van der Waals surface area contributed by atoms with E-state index in [1.807, 2.05) is 54.5 Å². The summed E-state index contributed by atoms with van der Waals surface area (Å²) in [6, 6.07) is 0. The standard InChI is InChI=1S/C9H18.C6H14.2C5H10.C4H10.3C2H6.CH4/c1-3-9-6-4-8(2)5-7-9;1-4-5-6(2)3;2*1-3-5-4-2;1-3-4-2;3*1-2;/h8-9H,3-7H2,1-2H3;6H,4-5H2,1-3H3;3,5H,4H2,1-2H3;3H,1,4-5H2,2H3;3-4H2,1-2H3;3*1-2H3;1H4/b;;5-3-;;;;;;. The number of rotatable bonds is 7. The van der Waals surface area contributed by atoms with Gasteiger partial charge in [0.05, 0.1) is 0 Å². The number of hydrogen-bond acceptors (Lipinski definition) is 0. The van der Waals surface area contributed by atoms with E-state index in [0.29, 0.717) is 0 Å². The summed E-state index contributed by atoms with van der Waals surface area (Å²) in [6.45, 7) is 37.6. The Morgan fingerprint density at radius 2 is 1.14 bits per heavy atom. The van der Waals surface area contributed by atoms with E-state index < -0.39 is 0 Å². The molecule has 0 heteroatoms. The van der Waals surface area contributed by atoms with Crippen LogP contribution in [0.4, 0.5) is 0 Å². The zero-order valence-corrected chi connectivity index (χ0v) is 28.7. The molecule has 1 aliphatic carbocycles. The maximum Gasteiger partial charge on any atom is -0.0356 e. The molecule has 0 heterocycles. The van der Waals surface area contributed by atoms with Gasteiger partial charge < -0.3 is 0 Å². The summed E-state index contributed by atoms with van der Waals surface area (Å²) in [5.74, 6) is 2.99. The summed E-state index contributed by atoms with van der Waals surface area (Å²) < 4.78 is 0. The highest BCUT2D eigenvalue weighted by molar-refractivity contribution is 4.73. The van der Waals surface area contributed by atoms with E-state index in [-0.39, 0.29) is 7.43 Å². The molecule has 0 spiro atoms. The van der Waals surface area contributed by atoms with Gasteiger partial charge in [-0.2, -0.15) is 0 Å². The van der Waals surface area contributed by atoms with Crippen LogP contribution in [-0.2, 0) is 0 Å². The van der Waals surface area contributed by atoms with Gasteiger partial charge >= 0.3 is 0 Å². The maximum absolute atomic E-state index is 3.55. The Morgan fingerprint density at radius 1 is 0.722 bits per heavy atom. The lowest BCUT2D eigenvalue weighted by Gasteiger charge is -2.24. The minimum atomic E-state index is 0. The van der Waals surface area contributed by atoms with E-state index in [1.54, 1.807) is 0 Å². The van der Waals surface area contributed by atoms with Crippen molar-refractivity contribution >= 4 is 0 Å². The Labute approximate surface area is 237 Å². The first-order chi connectivity index (χ1) is 16.8. The second-order valence-corrected chi connectivity index (χ2v) is 8.77. The van der Waals surface area contributed by atoms with Gasteiger partial charge in [-0.1, -0.05) is 194 Å². The van der Waals surface area contributed by atoms with Crippen LogP contribution >= 0.6 is 0 Å². The third-order valence-electron chi connectivity index (χ3n) is 5.04. The third-order valence-corrected chi connectivity index (χ3v) is 5.04. The SMILES string of the molecule is C.C/C=C\CC.C=CCCC.CC.CC.CC.CCC1CCC(C)CC1.CCCC.CCCC(C)C. The molecule has 0 N–H and O–H groups in total. The number of hydrogen-bond donors (Lipinski definition) is 0. The zero-order valence-electron chi connectivity index (χ0n) is 28.7. The molecular formula is C36H84. The van der Waals surface area contributed by atoms with Crippen molar-refractivity contribution in [1.29, 1.82) is 0 Å². The number of allylic oxidation sites excluding steroid dienone is 3. The predicted molar refractivity (Wildman–Crippen MR) is 183 cm³/mol. The molecule has 0 aromatic heterocycles. The van der Waals surface area contributed by atoms with Gasteiger partial charge in [0.25, 0.3) is 0 Å². The average molecular weight is 517 g/mol. The molecule has 1 aliphatic rings. The second-order valence-electron chi connectivity index (χ2n) is 8.77. The molecule has 1 saturated carbocycles. The van der Waals surface area contributed by atoms with Gasteiger partial charge in [0, 0.05) is 0 Å². The highest BCUT2D eigenvalue weighted by Gasteiger charge is 2.15. The highest BCUT2D eigenvalue weighted by Crippen LogP contribution is 2.29. The summed E-state index contributed by atoms with van der Waals surface area (Å²) in [5.41, 5.74) is 0. The van der Waals surface area contributed by atoms with Crippen LogP contribution in [0.2, 0.25) is 0 Å². The lowest BCUT2D eigenvalue weighted by atomic mass is 9.82. The van der Waals surface area contributed by atoms with Crippen LogP contribution in [0, 0.1) is 17.8 Å². The lowest BCUT2D eigenvalue weighted by Crippen LogP contribution is -2.10. The molecule has 0 aromatic carbocycles. The summed E-state index contributed by atoms with van der Waals surface area (Å²) in [4.78, 5) is 0. The van der Waals surface area contributed by atoms with Crippen LogP contribution in [0.5, 0.6) is 0 Å². The van der Waals surface area contributed by atoms with Crippen LogP contribution in [-0.4, -0.2) is 0 Å². The molecule has 0 aromatic rings. The smallest absolute Gasteiger partial charge is 0.0356 e. The summed E-state index contributed by atoms with van der Waals surface area (Å²) >= 11 is 0. The van der Waals surface area contributed by atoms with Gasteiger partial charge in [0.2, 0.25) is 0 Å². The molecule has 0 saturated heterocycles. The fourth-order valence-corrected chi connectivity index (χ4v) is 2.75. The molecule has 0 radical (unpaired) electrons. The fraction of sp³-hybridized carbons (Fsp3) is 0.889. The van der Waals surface area contributed by atoms with Gasteiger partial charge in [-0.25, -0.2) is 0 Å². The van der Waals surface area contributed by atoms with Crippen LogP contribution in [0.1, 0.15) is 195 Å². The molecule has 0 amide bonds. The molecule has 0 nitrogen and oxygen atoms in total. The van der Waals surface area contributed by atoms with Crippen LogP contribution in [0.3, 0.4) is 0 Å². The molecule has 0 unspecified atom stereocenters. The van der Waals surface area contributed by atoms with Crippen molar-refractivity contribution in [2.75, 3.05) is 0 Å². The largest absolute Gasteiger partial charge is 0.103 e. The predicted octanol–water partition coefficient (Wildman–Crippen LogP) is 15.1. The third kappa shape index (κ3) is 93.1. The molecule has 228 valence electrons. The highest BCUT2D eigenvalue weighted by atomic mass is 14.2. The maximum atomic E-state index is 3.55. The Morgan fingerprint density at radius 3 is 1.25 bits per heavy atom. The van der Waals surface area contributed by atoms with Crippen LogP contribution in [0.15, 0.2) is 24.8 Å². The second kappa shape index (κ2) is 70.1. The lowest BCUT2D eigenvalue weighted by molar-refractivity contribution is 0.284. The van der Waals surface area contributed by atoms with Crippen molar-refractivity contribution < 1.29 is 0 Å². The summed E-state index contributed by atoms with van der Waals surface area (Å²) in [5, 5.41) is 0. The van der Waals surface area contributed by atoms with Crippen LogP contribution in [0.25, 0.3) is 0 Å². The van der Waals surface area contributed by atoms with Gasteiger partial charge in [0.1, 0.15) is 0 Å². The summed E-state index contributed by atoms with van der Waals surface area (Å²) in [7, 11) is 0. The van der Waals surface area contributed by atoms with E-state index in [2.05, 4.69) is 81.0 Å². The molecule has 1 fully saturated rings. The Bertz CT molecular complexity index is 264.